The topological polar surface area (TPSA) is 25.2 Å². The Balaban J connectivity index is 1.93. The van der Waals surface area contributed by atoms with Crippen molar-refractivity contribution in [3.05, 3.63) is 58.9 Å². The van der Waals surface area contributed by atoms with Crippen LogP contribution >= 0.6 is 11.6 Å². The summed E-state index contributed by atoms with van der Waals surface area (Å²) in [5.41, 5.74) is 2.34. The number of amides is 1. The van der Waals surface area contributed by atoms with E-state index in [-0.39, 0.29) is 11.9 Å². The molecule has 0 aliphatic carbocycles. The molecule has 1 unspecified atom stereocenters. The summed E-state index contributed by atoms with van der Waals surface area (Å²) in [6, 6.07) is 12.4. The maximum absolute atomic E-state index is 13.0. The van der Waals surface area contributed by atoms with Gasteiger partial charge in [0.2, 0.25) is 5.91 Å². The lowest BCUT2D eigenvalue weighted by Crippen LogP contribution is -2.38. The quantitative estimate of drug-likeness (QED) is 0.285. The van der Waals surface area contributed by atoms with Crippen LogP contribution in [0.1, 0.15) is 89.8 Å². The third-order valence-corrected chi connectivity index (χ3v) is 6.17. The van der Waals surface area contributed by atoms with Crippen molar-refractivity contribution in [3.8, 4) is 0 Å². The summed E-state index contributed by atoms with van der Waals surface area (Å²) in [7, 11) is 0. The van der Waals surface area contributed by atoms with Crippen molar-refractivity contribution < 1.29 is 4.79 Å². The summed E-state index contributed by atoms with van der Waals surface area (Å²) in [5.74, 6) is 0.286. The van der Waals surface area contributed by atoms with Crippen LogP contribution in [0.15, 0.2) is 42.6 Å². The number of hydrogen-bond donors (Lipinski definition) is 0. The molecular weight excluding hydrogens is 392 g/mol. The Bertz CT molecular complexity index is 755. The first-order valence-corrected chi connectivity index (χ1v) is 12.1. The number of carbonyl (C=O) groups excluding carboxylic acids is 1. The molecule has 0 aliphatic heterocycles. The molecule has 1 atom stereocenters. The molecule has 3 nitrogen and oxygen atoms in total. The van der Waals surface area contributed by atoms with Crippen molar-refractivity contribution in [2.24, 2.45) is 0 Å². The van der Waals surface area contributed by atoms with E-state index >= 15 is 0 Å². The van der Waals surface area contributed by atoms with Crippen LogP contribution in [0.5, 0.6) is 0 Å². The summed E-state index contributed by atoms with van der Waals surface area (Å²) < 4.78 is 2.22. The molecule has 0 aliphatic rings. The van der Waals surface area contributed by atoms with Gasteiger partial charge in [-0.05, 0) is 49.6 Å². The Morgan fingerprint density at radius 3 is 2.47 bits per heavy atom. The lowest BCUT2D eigenvalue weighted by atomic mass is 10.1. The van der Waals surface area contributed by atoms with Gasteiger partial charge in [0.15, 0.2) is 0 Å². The third kappa shape index (κ3) is 8.18. The van der Waals surface area contributed by atoms with Crippen LogP contribution in [0.25, 0.3) is 0 Å². The second-order valence-corrected chi connectivity index (χ2v) is 8.84. The van der Waals surface area contributed by atoms with Gasteiger partial charge in [-0.2, -0.15) is 0 Å². The Morgan fingerprint density at radius 2 is 1.77 bits per heavy atom. The Labute approximate surface area is 188 Å². The van der Waals surface area contributed by atoms with Gasteiger partial charge in [-0.3, -0.25) is 4.79 Å². The van der Waals surface area contributed by atoms with Crippen LogP contribution in [-0.2, 0) is 17.9 Å². The van der Waals surface area contributed by atoms with Crippen LogP contribution in [0.3, 0.4) is 0 Å². The maximum Gasteiger partial charge on any atom is 0.223 e. The van der Waals surface area contributed by atoms with Crippen LogP contribution in [-0.4, -0.2) is 21.4 Å². The van der Waals surface area contributed by atoms with Crippen LogP contribution < -0.4 is 0 Å². The van der Waals surface area contributed by atoms with Crippen molar-refractivity contribution in [2.75, 3.05) is 0 Å². The molecule has 4 heteroatoms. The fourth-order valence-corrected chi connectivity index (χ4v) is 4.05. The molecule has 0 saturated heterocycles. The van der Waals surface area contributed by atoms with E-state index in [4.69, 9.17) is 11.6 Å². The van der Waals surface area contributed by atoms with E-state index in [9.17, 15) is 4.79 Å². The van der Waals surface area contributed by atoms with Gasteiger partial charge in [-0.15, -0.1) is 0 Å². The molecule has 1 amide bonds. The number of aromatic nitrogens is 1. The average molecular weight is 431 g/mol. The van der Waals surface area contributed by atoms with Crippen molar-refractivity contribution in [2.45, 2.75) is 97.7 Å². The molecule has 0 N–H and O–H groups in total. The summed E-state index contributed by atoms with van der Waals surface area (Å²) in [6.07, 6.45) is 12.4. The van der Waals surface area contributed by atoms with Gasteiger partial charge >= 0.3 is 0 Å². The first-order valence-electron chi connectivity index (χ1n) is 11.7. The number of carbonyl (C=O) groups is 1. The molecule has 2 aromatic rings. The van der Waals surface area contributed by atoms with Gasteiger partial charge < -0.3 is 9.47 Å². The predicted molar refractivity (Wildman–Crippen MR) is 128 cm³/mol. The van der Waals surface area contributed by atoms with Crippen molar-refractivity contribution >= 4 is 17.5 Å². The number of unbranched alkanes of at least 4 members (excludes halogenated alkanes) is 6. The summed E-state index contributed by atoms with van der Waals surface area (Å²) in [4.78, 5) is 15.1. The van der Waals surface area contributed by atoms with Gasteiger partial charge in [0.1, 0.15) is 0 Å². The number of nitrogens with zero attached hydrogens (tertiary/aromatic N) is 2. The highest BCUT2D eigenvalue weighted by molar-refractivity contribution is 6.30. The molecule has 1 heterocycles. The van der Waals surface area contributed by atoms with Crippen molar-refractivity contribution in [3.63, 3.8) is 0 Å². The number of rotatable bonds is 14. The van der Waals surface area contributed by atoms with E-state index in [2.05, 4.69) is 54.6 Å². The Hall–Kier alpha value is -1.74. The maximum atomic E-state index is 13.0. The van der Waals surface area contributed by atoms with Gasteiger partial charge in [0, 0.05) is 35.9 Å². The second-order valence-electron chi connectivity index (χ2n) is 8.41. The monoisotopic (exact) mass is 430 g/mol. The molecule has 0 radical (unpaired) electrons. The lowest BCUT2D eigenvalue weighted by Gasteiger charge is -2.29. The van der Waals surface area contributed by atoms with E-state index in [1.807, 2.05) is 18.2 Å². The van der Waals surface area contributed by atoms with Crippen LogP contribution in [0.4, 0.5) is 0 Å². The molecule has 166 valence electrons. The van der Waals surface area contributed by atoms with Crippen molar-refractivity contribution in [1.82, 2.24) is 9.47 Å². The van der Waals surface area contributed by atoms with E-state index in [0.717, 1.165) is 30.8 Å². The van der Waals surface area contributed by atoms with Gasteiger partial charge in [0.05, 0.1) is 6.54 Å². The highest BCUT2D eigenvalue weighted by atomic mass is 35.5. The largest absolute Gasteiger partial charge is 0.345 e. The Morgan fingerprint density at radius 1 is 1.03 bits per heavy atom. The van der Waals surface area contributed by atoms with Crippen molar-refractivity contribution in [1.29, 1.82) is 0 Å². The predicted octanol–water partition coefficient (Wildman–Crippen LogP) is 7.46. The minimum atomic E-state index is 0.247. The Kier molecular flexibility index (Phi) is 11.1. The van der Waals surface area contributed by atoms with Gasteiger partial charge in [0.25, 0.3) is 0 Å². The van der Waals surface area contributed by atoms with Crippen LogP contribution in [0, 0.1) is 0 Å². The zero-order valence-electron chi connectivity index (χ0n) is 19.1. The molecule has 30 heavy (non-hydrogen) atoms. The number of halogens is 1. The second kappa shape index (κ2) is 13.5. The molecule has 0 fully saturated rings. The first kappa shape index (κ1) is 24.5. The highest BCUT2D eigenvalue weighted by Crippen LogP contribution is 2.18. The molecular formula is C26H39ClN2O. The third-order valence-electron chi connectivity index (χ3n) is 5.94. The zero-order valence-corrected chi connectivity index (χ0v) is 19.8. The van der Waals surface area contributed by atoms with Crippen LogP contribution in [0.2, 0.25) is 5.02 Å². The minimum Gasteiger partial charge on any atom is -0.345 e. The fraction of sp³-hybridized carbons (Fsp3) is 0.577. The first-order chi connectivity index (χ1) is 14.5. The molecule has 1 aromatic carbocycles. The summed E-state index contributed by atoms with van der Waals surface area (Å²) in [5, 5.41) is 0.757. The minimum absolute atomic E-state index is 0.247. The van der Waals surface area contributed by atoms with Gasteiger partial charge in [-0.1, -0.05) is 76.1 Å². The number of hydrogen-bond acceptors (Lipinski definition) is 1. The summed E-state index contributed by atoms with van der Waals surface area (Å²) in [6.45, 7) is 7.99. The van der Waals surface area contributed by atoms with E-state index in [1.165, 1.54) is 43.4 Å². The molecule has 1 aromatic heterocycles. The fourth-order valence-electron chi connectivity index (χ4n) is 3.84. The molecule has 0 spiro atoms. The van der Waals surface area contributed by atoms with Gasteiger partial charge in [-0.25, -0.2) is 0 Å². The lowest BCUT2D eigenvalue weighted by molar-refractivity contribution is -0.134. The molecule has 0 saturated carbocycles. The van der Waals surface area contributed by atoms with E-state index < -0.39 is 0 Å². The molecule has 0 bridgehead atoms. The summed E-state index contributed by atoms with van der Waals surface area (Å²) >= 11 is 6.14. The number of benzene rings is 1. The normalized spacial score (nSPS) is 12.1. The smallest absolute Gasteiger partial charge is 0.223 e. The van der Waals surface area contributed by atoms with E-state index in [0.29, 0.717) is 13.0 Å². The standard InChI is InChI=1S/C26H39ClN2O/c1-4-6-7-8-9-10-11-17-26(30)29(22(3)5-2)21-25-16-13-18-28(25)20-23-14-12-15-24(27)19-23/h12-16,18-19,22H,4-11,17,20-21H2,1-3H3. The zero-order chi connectivity index (χ0) is 21.8. The SMILES string of the molecule is CCCCCCCCCC(=O)N(Cc1cccn1Cc1cccc(Cl)c1)C(C)CC. The average Bonchev–Trinajstić information content (AvgIpc) is 3.17. The highest BCUT2D eigenvalue weighted by Gasteiger charge is 2.20. The molecule has 2 rings (SSSR count). The van der Waals surface area contributed by atoms with E-state index in [1.54, 1.807) is 0 Å².